The lowest BCUT2D eigenvalue weighted by molar-refractivity contribution is -0.147. The number of imide groups is 1. The standard InChI is InChI=1S/C13H21N3O2S/c1-4-13(2)7-8-19-12(15-13)14-9-5-6-10(17)16(3)11(9)18/h9H,4-8H2,1-3H3,(H,14,15). The van der Waals surface area contributed by atoms with Gasteiger partial charge in [0.2, 0.25) is 5.91 Å². The number of rotatable bonds is 2. The Hall–Kier alpha value is -1.04. The molecule has 2 aliphatic heterocycles. The van der Waals surface area contributed by atoms with Crippen molar-refractivity contribution in [3.63, 3.8) is 0 Å². The van der Waals surface area contributed by atoms with E-state index in [1.165, 1.54) is 11.9 Å². The number of hydrogen-bond donors (Lipinski definition) is 1. The number of amidine groups is 1. The number of carbonyl (C=O) groups excluding carboxylic acids is 2. The van der Waals surface area contributed by atoms with Gasteiger partial charge in [0, 0.05) is 24.8 Å². The second-order valence-corrected chi connectivity index (χ2v) is 6.50. The van der Waals surface area contributed by atoms with Crippen LogP contribution < -0.4 is 5.32 Å². The first-order chi connectivity index (χ1) is 8.95. The second kappa shape index (κ2) is 5.53. The lowest BCUT2D eigenvalue weighted by atomic mass is 9.96. The van der Waals surface area contributed by atoms with E-state index in [-0.39, 0.29) is 17.4 Å². The number of piperidine rings is 1. The van der Waals surface area contributed by atoms with Gasteiger partial charge in [-0.05, 0) is 26.2 Å². The Morgan fingerprint density at radius 3 is 2.95 bits per heavy atom. The van der Waals surface area contributed by atoms with Gasteiger partial charge in [0.15, 0.2) is 5.17 Å². The Labute approximate surface area is 118 Å². The Morgan fingerprint density at radius 1 is 1.53 bits per heavy atom. The predicted molar refractivity (Wildman–Crippen MR) is 77.1 cm³/mol. The van der Waals surface area contributed by atoms with Crippen molar-refractivity contribution >= 4 is 28.7 Å². The zero-order valence-electron chi connectivity index (χ0n) is 11.7. The topological polar surface area (TPSA) is 61.8 Å². The normalized spacial score (nSPS) is 34.6. The van der Waals surface area contributed by atoms with Gasteiger partial charge in [0.25, 0.3) is 5.91 Å². The van der Waals surface area contributed by atoms with Crippen molar-refractivity contribution in [2.75, 3.05) is 12.8 Å². The van der Waals surface area contributed by atoms with Gasteiger partial charge in [-0.15, -0.1) is 0 Å². The highest BCUT2D eigenvalue weighted by Crippen LogP contribution is 2.26. The number of nitrogens with one attached hydrogen (secondary N) is 1. The summed E-state index contributed by atoms with van der Waals surface area (Å²) >= 11 is 1.66. The molecule has 2 amide bonds. The maximum Gasteiger partial charge on any atom is 0.253 e. The zero-order chi connectivity index (χ0) is 14.0. The molecule has 0 spiro atoms. The molecule has 2 heterocycles. The Bertz CT molecular complexity index is 424. The van der Waals surface area contributed by atoms with Crippen molar-refractivity contribution in [3.8, 4) is 0 Å². The monoisotopic (exact) mass is 283 g/mol. The van der Waals surface area contributed by atoms with Crippen LogP contribution in [-0.4, -0.2) is 46.3 Å². The average Bonchev–Trinajstić information content (AvgIpc) is 2.40. The van der Waals surface area contributed by atoms with Gasteiger partial charge < -0.3 is 5.32 Å². The van der Waals surface area contributed by atoms with E-state index in [1.54, 1.807) is 11.8 Å². The SMILES string of the molecule is CCC1(C)CCSC(=NC2CCC(=O)N(C)C2=O)N1. The first kappa shape index (κ1) is 14.4. The number of likely N-dealkylation sites (tertiary alicyclic amines) is 1. The Morgan fingerprint density at radius 2 is 2.26 bits per heavy atom. The summed E-state index contributed by atoms with van der Waals surface area (Å²) in [5.41, 5.74) is 0.0729. The zero-order valence-corrected chi connectivity index (χ0v) is 12.5. The summed E-state index contributed by atoms with van der Waals surface area (Å²) in [5, 5.41) is 4.27. The van der Waals surface area contributed by atoms with E-state index in [0.717, 1.165) is 23.8 Å². The fourth-order valence-corrected chi connectivity index (χ4v) is 3.49. The molecule has 2 atom stereocenters. The second-order valence-electron chi connectivity index (χ2n) is 5.42. The minimum atomic E-state index is -0.406. The molecule has 19 heavy (non-hydrogen) atoms. The molecule has 0 radical (unpaired) electrons. The van der Waals surface area contributed by atoms with E-state index in [9.17, 15) is 9.59 Å². The molecule has 6 heteroatoms. The van der Waals surface area contributed by atoms with Crippen LogP contribution in [-0.2, 0) is 9.59 Å². The summed E-state index contributed by atoms with van der Waals surface area (Å²) in [7, 11) is 1.54. The molecule has 2 rings (SSSR count). The maximum absolute atomic E-state index is 12.0. The molecule has 2 unspecified atom stereocenters. The van der Waals surface area contributed by atoms with Crippen molar-refractivity contribution in [1.82, 2.24) is 10.2 Å². The number of nitrogens with zero attached hydrogens (tertiary/aromatic N) is 2. The van der Waals surface area contributed by atoms with Gasteiger partial charge in [-0.3, -0.25) is 14.5 Å². The molecule has 5 nitrogen and oxygen atoms in total. The minimum absolute atomic E-state index is 0.0729. The van der Waals surface area contributed by atoms with Crippen LogP contribution in [0.15, 0.2) is 4.99 Å². The molecule has 0 aromatic heterocycles. The van der Waals surface area contributed by atoms with Crippen LogP contribution in [0.5, 0.6) is 0 Å². The predicted octanol–water partition coefficient (Wildman–Crippen LogP) is 1.39. The van der Waals surface area contributed by atoms with Crippen molar-refractivity contribution in [3.05, 3.63) is 0 Å². The number of amides is 2. The first-order valence-corrected chi connectivity index (χ1v) is 7.73. The van der Waals surface area contributed by atoms with Crippen molar-refractivity contribution in [2.24, 2.45) is 4.99 Å². The van der Waals surface area contributed by atoms with Crippen molar-refractivity contribution in [1.29, 1.82) is 0 Å². The number of aliphatic imine (C=N–C) groups is 1. The van der Waals surface area contributed by atoms with Crippen LogP contribution in [0, 0.1) is 0 Å². The van der Waals surface area contributed by atoms with Crippen LogP contribution in [0.3, 0.4) is 0 Å². The van der Waals surface area contributed by atoms with Crippen LogP contribution in [0.4, 0.5) is 0 Å². The van der Waals surface area contributed by atoms with Crippen LogP contribution >= 0.6 is 11.8 Å². The van der Waals surface area contributed by atoms with Crippen molar-refractivity contribution < 1.29 is 9.59 Å². The smallest absolute Gasteiger partial charge is 0.253 e. The van der Waals surface area contributed by atoms with Gasteiger partial charge in [-0.25, -0.2) is 4.99 Å². The molecule has 2 saturated heterocycles. The Kier molecular flexibility index (Phi) is 4.18. The molecular formula is C13H21N3O2S. The van der Waals surface area contributed by atoms with E-state index >= 15 is 0 Å². The maximum atomic E-state index is 12.0. The van der Waals surface area contributed by atoms with E-state index in [2.05, 4.69) is 24.2 Å². The quantitative estimate of drug-likeness (QED) is 0.778. The molecule has 0 aromatic carbocycles. The van der Waals surface area contributed by atoms with Crippen LogP contribution in [0.1, 0.15) is 39.5 Å². The van der Waals surface area contributed by atoms with Gasteiger partial charge in [-0.1, -0.05) is 18.7 Å². The van der Waals surface area contributed by atoms with Crippen LogP contribution in [0.25, 0.3) is 0 Å². The van der Waals surface area contributed by atoms with Crippen molar-refractivity contribution in [2.45, 2.75) is 51.1 Å². The summed E-state index contributed by atoms with van der Waals surface area (Å²) in [6.07, 6.45) is 3.06. The third kappa shape index (κ3) is 3.11. The molecular weight excluding hydrogens is 262 g/mol. The van der Waals surface area contributed by atoms with Crippen LogP contribution in [0.2, 0.25) is 0 Å². The number of likely N-dealkylation sites (N-methyl/N-ethyl adjacent to an activating group) is 1. The first-order valence-electron chi connectivity index (χ1n) is 6.74. The molecule has 0 saturated carbocycles. The molecule has 2 fully saturated rings. The highest BCUT2D eigenvalue weighted by atomic mass is 32.2. The van der Waals surface area contributed by atoms with Gasteiger partial charge in [-0.2, -0.15) is 0 Å². The molecule has 0 aromatic rings. The van der Waals surface area contributed by atoms with E-state index in [1.807, 2.05) is 0 Å². The molecule has 2 aliphatic rings. The number of carbonyl (C=O) groups is 2. The van der Waals surface area contributed by atoms with E-state index in [4.69, 9.17) is 0 Å². The largest absolute Gasteiger partial charge is 0.360 e. The summed E-state index contributed by atoms with van der Waals surface area (Å²) in [4.78, 5) is 29.2. The lowest BCUT2D eigenvalue weighted by Crippen LogP contribution is -2.50. The summed E-state index contributed by atoms with van der Waals surface area (Å²) < 4.78 is 0. The average molecular weight is 283 g/mol. The molecule has 0 aliphatic carbocycles. The van der Waals surface area contributed by atoms with Gasteiger partial charge in [0.05, 0.1) is 0 Å². The highest BCUT2D eigenvalue weighted by Gasteiger charge is 2.33. The highest BCUT2D eigenvalue weighted by molar-refractivity contribution is 8.13. The summed E-state index contributed by atoms with van der Waals surface area (Å²) in [6.45, 7) is 4.33. The molecule has 1 N–H and O–H groups in total. The van der Waals surface area contributed by atoms with Gasteiger partial charge >= 0.3 is 0 Å². The molecule has 106 valence electrons. The third-order valence-corrected chi connectivity index (χ3v) is 4.87. The fourth-order valence-electron chi connectivity index (χ4n) is 2.22. The van der Waals surface area contributed by atoms with Gasteiger partial charge in [0.1, 0.15) is 6.04 Å². The van der Waals surface area contributed by atoms with E-state index < -0.39 is 6.04 Å². The summed E-state index contributed by atoms with van der Waals surface area (Å²) in [5.74, 6) is 0.727. The minimum Gasteiger partial charge on any atom is -0.360 e. The van der Waals surface area contributed by atoms with E-state index in [0.29, 0.717) is 12.8 Å². The number of thioether (sulfide) groups is 1. The summed E-state index contributed by atoms with van der Waals surface area (Å²) in [6, 6.07) is -0.406. The number of hydrogen-bond acceptors (Lipinski definition) is 4. The third-order valence-electron chi connectivity index (χ3n) is 3.98. The fraction of sp³-hybridized carbons (Fsp3) is 0.769. The Balaban J connectivity index is 2.09. The lowest BCUT2D eigenvalue weighted by Gasteiger charge is -2.36. The molecule has 0 bridgehead atoms.